The number of ketones is 1. The van der Waals surface area contributed by atoms with Crippen molar-refractivity contribution in [3.63, 3.8) is 0 Å². The number of pyridine rings is 1. The van der Waals surface area contributed by atoms with Crippen LogP contribution in [0.3, 0.4) is 0 Å². The van der Waals surface area contributed by atoms with E-state index in [1.165, 1.54) is 19.1 Å². The third-order valence-electron chi connectivity index (χ3n) is 5.96. The molecule has 33 heavy (non-hydrogen) atoms. The van der Waals surface area contributed by atoms with Gasteiger partial charge in [0.2, 0.25) is 0 Å². The molecule has 1 aromatic carbocycles. The molecule has 0 bridgehead atoms. The number of likely N-dealkylation sites (tertiary alicyclic amines) is 1. The first kappa shape index (κ1) is 22.8. The average Bonchev–Trinajstić information content (AvgIpc) is 3.12. The summed E-state index contributed by atoms with van der Waals surface area (Å²) >= 11 is 0. The van der Waals surface area contributed by atoms with Gasteiger partial charge in [0.25, 0.3) is 11.7 Å². The molecule has 0 aliphatic carbocycles. The molecule has 2 saturated heterocycles. The normalized spacial score (nSPS) is 20.8. The lowest BCUT2D eigenvalue weighted by molar-refractivity contribution is -0.140. The second-order valence-corrected chi connectivity index (χ2v) is 7.80. The summed E-state index contributed by atoms with van der Waals surface area (Å²) in [5.74, 6) is -0.808. The molecule has 2 fully saturated rings. The maximum atomic E-state index is 13.2. The third kappa shape index (κ3) is 4.55. The zero-order chi connectivity index (χ0) is 23.4. The van der Waals surface area contributed by atoms with Gasteiger partial charge in [-0.05, 0) is 23.8 Å². The van der Waals surface area contributed by atoms with Gasteiger partial charge in [0.1, 0.15) is 17.3 Å². The molecule has 1 amide bonds. The Labute approximate surface area is 192 Å². The maximum absolute atomic E-state index is 13.2. The molecule has 9 nitrogen and oxygen atoms in total. The fraction of sp³-hybridized carbons (Fsp3) is 0.375. The molecule has 9 heteroatoms. The smallest absolute Gasteiger partial charge is 0.295 e. The number of benzene rings is 1. The first-order chi connectivity index (χ1) is 16.0. The van der Waals surface area contributed by atoms with Gasteiger partial charge < -0.3 is 24.2 Å². The van der Waals surface area contributed by atoms with Crippen molar-refractivity contribution < 1.29 is 28.9 Å². The number of morpholine rings is 1. The standard InChI is InChI=1S/C24H27N3O6/c1-31-17-5-6-18(19(14-17)32-2)22(28)20-21(16-4-3-7-25-15-16)27(24(30)23(20)29)9-8-26-10-12-33-13-11-26/h3-7,14-15,21,28H,8-13H2,1-2H3/b22-20+/t21-/m1/s1. The zero-order valence-corrected chi connectivity index (χ0v) is 18.7. The van der Waals surface area contributed by atoms with Gasteiger partial charge in [-0.15, -0.1) is 0 Å². The molecule has 174 valence electrons. The minimum absolute atomic E-state index is 0.0124. The molecular weight excluding hydrogens is 426 g/mol. The Morgan fingerprint density at radius 2 is 1.94 bits per heavy atom. The lowest BCUT2D eigenvalue weighted by atomic mass is 9.96. The van der Waals surface area contributed by atoms with Gasteiger partial charge in [0, 0.05) is 44.6 Å². The van der Waals surface area contributed by atoms with E-state index in [0.717, 1.165) is 13.1 Å². The topological polar surface area (TPSA) is 101 Å². The maximum Gasteiger partial charge on any atom is 0.295 e. The van der Waals surface area contributed by atoms with Crippen molar-refractivity contribution in [2.24, 2.45) is 0 Å². The molecule has 2 aromatic rings. The van der Waals surface area contributed by atoms with Gasteiger partial charge in [-0.2, -0.15) is 0 Å². The van der Waals surface area contributed by atoms with Gasteiger partial charge in [0.05, 0.1) is 44.6 Å². The number of carbonyl (C=O) groups is 2. The zero-order valence-electron chi connectivity index (χ0n) is 18.7. The Bertz CT molecular complexity index is 1050. The number of Topliss-reactive ketones (excluding diaryl/α,β-unsaturated/α-hetero) is 1. The molecule has 1 N–H and O–H groups in total. The molecule has 2 aliphatic heterocycles. The lowest BCUT2D eigenvalue weighted by Crippen LogP contribution is -2.42. The number of nitrogens with zero attached hydrogens (tertiary/aromatic N) is 3. The number of aliphatic hydroxyl groups excluding tert-OH is 1. The predicted octanol–water partition coefficient (Wildman–Crippen LogP) is 1.85. The summed E-state index contributed by atoms with van der Waals surface area (Å²) in [5.41, 5.74) is 0.963. The summed E-state index contributed by atoms with van der Waals surface area (Å²) in [7, 11) is 2.99. The summed E-state index contributed by atoms with van der Waals surface area (Å²) in [4.78, 5) is 34.1. The van der Waals surface area contributed by atoms with E-state index in [-0.39, 0.29) is 11.3 Å². The highest BCUT2D eigenvalue weighted by Crippen LogP contribution is 2.41. The molecular formula is C24H27N3O6. The van der Waals surface area contributed by atoms with Gasteiger partial charge in [-0.25, -0.2) is 0 Å². The summed E-state index contributed by atoms with van der Waals surface area (Å²) in [6.45, 7) is 3.75. The molecule has 0 unspecified atom stereocenters. The van der Waals surface area contributed by atoms with Crippen molar-refractivity contribution in [2.45, 2.75) is 6.04 Å². The Kier molecular flexibility index (Phi) is 6.90. The number of rotatable bonds is 7. The van der Waals surface area contributed by atoms with E-state index in [9.17, 15) is 14.7 Å². The van der Waals surface area contributed by atoms with Crippen LogP contribution in [0, 0.1) is 0 Å². The molecule has 0 radical (unpaired) electrons. The quantitative estimate of drug-likeness (QED) is 0.385. The fourth-order valence-corrected chi connectivity index (χ4v) is 4.21. The molecule has 0 saturated carbocycles. The Morgan fingerprint density at radius 3 is 2.61 bits per heavy atom. The van der Waals surface area contributed by atoms with Crippen LogP contribution in [0.1, 0.15) is 17.2 Å². The highest BCUT2D eigenvalue weighted by molar-refractivity contribution is 6.46. The van der Waals surface area contributed by atoms with Crippen LogP contribution in [0.2, 0.25) is 0 Å². The highest BCUT2D eigenvalue weighted by atomic mass is 16.5. The first-order valence-electron chi connectivity index (χ1n) is 10.8. The third-order valence-corrected chi connectivity index (χ3v) is 5.96. The average molecular weight is 453 g/mol. The highest BCUT2D eigenvalue weighted by Gasteiger charge is 2.46. The number of aliphatic hydroxyl groups is 1. The molecule has 1 aromatic heterocycles. The van der Waals surface area contributed by atoms with E-state index in [1.54, 1.807) is 42.7 Å². The molecule has 0 spiro atoms. The van der Waals surface area contributed by atoms with Crippen molar-refractivity contribution in [1.82, 2.24) is 14.8 Å². The van der Waals surface area contributed by atoms with Crippen LogP contribution in [-0.2, 0) is 14.3 Å². The van der Waals surface area contributed by atoms with Crippen molar-refractivity contribution in [2.75, 3.05) is 53.6 Å². The number of carbonyl (C=O) groups excluding carboxylic acids is 2. The van der Waals surface area contributed by atoms with Crippen molar-refractivity contribution in [3.8, 4) is 11.5 Å². The minimum Gasteiger partial charge on any atom is -0.507 e. The molecule has 3 heterocycles. The van der Waals surface area contributed by atoms with Crippen molar-refractivity contribution in [3.05, 3.63) is 59.4 Å². The largest absolute Gasteiger partial charge is 0.507 e. The van der Waals surface area contributed by atoms with Gasteiger partial charge >= 0.3 is 0 Å². The van der Waals surface area contributed by atoms with Crippen LogP contribution in [0.4, 0.5) is 0 Å². The second kappa shape index (κ2) is 10.0. The molecule has 2 aliphatic rings. The van der Waals surface area contributed by atoms with Crippen molar-refractivity contribution in [1.29, 1.82) is 0 Å². The lowest BCUT2D eigenvalue weighted by Gasteiger charge is -2.30. The number of ether oxygens (including phenoxy) is 3. The Hall–Kier alpha value is -3.43. The number of hydrogen-bond donors (Lipinski definition) is 1. The van der Waals surface area contributed by atoms with E-state index in [1.807, 2.05) is 0 Å². The summed E-state index contributed by atoms with van der Waals surface area (Å²) < 4.78 is 16.0. The summed E-state index contributed by atoms with van der Waals surface area (Å²) in [6.07, 6.45) is 3.23. The predicted molar refractivity (Wildman–Crippen MR) is 120 cm³/mol. The van der Waals surface area contributed by atoms with Crippen LogP contribution in [0.25, 0.3) is 5.76 Å². The van der Waals surface area contributed by atoms with Crippen LogP contribution in [0.5, 0.6) is 11.5 Å². The van der Waals surface area contributed by atoms with E-state index in [0.29, 0.717) is 48.9 Å². The fourth-order valence-electron chi connectivity index (χ4n) is 4.21. The number of amides is 1. The van der Waals surface area contributed by atoms with Gasteiger partial charge in [-0.3, -0.25) is 19.5 Å². The van der Waals surface area contributed by atoms with E-state index < -0.39 is 17.7 Å². The van der Waals surface area contributed by atoms with Crippen LogP contribution in [-0.4, -0.2) is 85.2 Å². The van der Waals surface area contributed by atoms with Crippen LogP contribution < -0.4 is 9.47 Å². The first-order valence-corrected chi connectivity index (χ1v) is 10.8. The van der Waals surface area contributed by atoms with Crippen molar-refractivity contribution >= 4 is 17.4 Å². The second-order valence-electron chi connectivity index (χ2n) is 7.80. The minimum atomic E-state index is -0.758. The number of aromatic nitrogens is 1. The van der Waals surface area contributed by atoms with Gasteiger partial charge in [-0.1, -0.05) is 6.07 Å². The summed E-state index contributed by atoms with van der Waals surface area (Å²) in [6, 6.07) is 7.66. The Morgan fingerprint density at radius 1 is 1.15 bits per heavy atom. The van der Waals surface area contributed by atoms with E-state index in [4.69, 9.17) is 14.2 Å². The van der Waals surface area contributed by atoms with Crippen LogP contribution in [0.15, 0.2) is 48.3 Å². The Balaban J connectivity index is 1.75. The number of hydrogen-bond acceptors (Lipinski definition) is 8. The molecule has 1 atom stereocenters. The monoisotopic (exact) mass is 453 g/mol. The van der Waals surface area contributed by atoms with Gasteiger partial charge in [0.15, 0.2) is 0 Å². The molecule has 4 rings (SSSR count). The SMILES string of the molecule is COc1ccc(/C(O)=C2\C(=O)C(=O)N(CCN3CCOCC3)[C@@H]2c2cccnc2)c(OC)c1. The van der Waals surface area contributed by atoms with E-state index in [2.05, 4.69) is 9.88 Å². The summed E-state index contributed by atoms with van der Waals surface area (Å²) in [5, 5.41) is 11.3. The van der Waals surface area contributed by atoms with E-state index >= 15 is 0 Å². The number of methoxy groups -OCH3 is 2. The van der Waals surface area contributed by atoms with Crippen LogP contribution >= 0.6 is 0 Å².